The van der Waals surface area contributed by atoms with Crippen LogP contribution in [-0.4, -0.2) is 26.2 Å². The minimum atomic E-state index is -3.49. The number of hydrogen-bond acceptors (Lipinski definition) is 3. The molecule has 0 saturated heterocycles. The molecule has 1 unspecified atom stereocenters. The third-order valence-corrected chi connectivity index (χ3v) is 3.63. The van der Waals surface area contributed by atoms with E-state index in [9.17, 15) is 8.42 Å². The Labute approximate surface area is 111 Å². The fourth-order valence-corrected chi connectivity index (χ4v) is 2.99. The van der Waals surface area contributed by atoms with Crippen LogP contribution in [0.3, 0.4) is 0 Å². The second kappa shape index (κ2) is 6.02. The Morgan fingerprint density at radius 1 is 1.29 bits per heavy atom. The molecule has 2 N–H and O–H groups in total. The van der Waals surface area contributed by atoms with Crippen molar-refractivity contribution in [2.45, 2.75) is 18.8 Å². The van der Waals surface area contributed by atoms with E-state index in [1.165, 1.54) is 25.1 Å². The summed E-state index contributed by atoms with van der Waals surface area (Å²) in [4.78, 5) is 0. The second-order valence-corrected chi connectivity index (χ2v) is 6.41. The van der Waals surface area contributed by atoms with Crippen LogP contribution in [0.5, 0.6) is 0 Å². The van der Waals surface area contributed by atoms with Gasteiger partial charge in [-0.05, 0) is 30.7 Å². The first-order chi connectivity index (χ1) is 7.78. The van der Waals surface area contributed by atoms with E-state index in [1.54, 1.807) is 0 Å². The quantitative estimate of drug-likeness (QED) is 0.871. The van der Waals surface area contributed by atoms with Gasteiger partial charge in [0.05, 0.1) is 11.9 Å². The Morgan fingerprint density at radius 3 is 2.29 bits per heavy atom. The summed E-state index contributed by atoms with van der Waals surface area (Å²) in [6, 6.07) is 4.60. The van der Waals surface area contributed by atoms with Crippen LogP contribution in [0.1, 0.15) is 12.5 Å². The van der Waals surface area contributed by atoms with E-state index >= 15 is 0 Å². The zero-order chi connectivity index (χ0) is 13.1. The molecular formula is C10H13Cl2NO3S. The van der Waals surface area contributed by atoms with Crippen molar-refractivity contribution in [2.75, 3.05) is 6.54 Å². The molecule has 0 fully saturated rings. The number of aliphatic hydroxyl groups is 1. The fraction of sp³-hybridized carbons (Fsp3) is 0.400. The fourth-order valence-electron chi connectivity index (χ4n) is 1.21. The van der Waals surface area contributed by atoms with E-state index in [0.717, 1.165) is 0 Å². The molecule has 4 nitrogen and oxygen atoms in total. The van der Waals surface area contributed by atoms with E-state index in [0.29, 0.717) is 15.6 Å². The topological polar surface area (TPSA) is 66.4 Å². The van der Waals surface area contributed by atoms with Gasteiger partial charge in [0.1, 0.15) is 0 Å². The molecule has 0 aliphatic rings. The van der Waals surface area contributed by atoms with Gasteiger partial charge in [-0.25, -0.2) is 13.1 Å². The minimum absolute atomic E-state index is 0.0172. The largest absolute Gasteiger partial charge is 0.392 e. The summed E-state index contributed by atoms with van der Waals surface area (Å²) in [5, 5.41) is 9.78. The molecular weight excluding hydrogens is 285 g/mol. The van der Waals surface area contributed by atoms with Crippen molar-refractivity contribution in [3.05, 3.63) is 33.8 Å². The Kier molecular flexibility index (Phi) is 5.22. The molecule has 96 valence electrons. The van der Waals surface area contributed by atoms with Crippen molar-refractivity contribution in [1.29, 1.82) is 0 Å². The van der Waals surface area contributed by atoms with E-state index < -0.39 is 16.1 Å². The highest BCUT2D eigenvalue weighted by molar-refractivity contribution is 7.88. The van der Waals surface area contributed by atoms with E-state index in [1.807, 2.05) is 0 Å². The normalized spacial score (nSPS) is 13.6. The summed E-state index contributed by atoms with van der Waals surface area (Å²) in [6.45, 7) is 1.48. The van der Waals surface area contributed by atoms with E-state index in [2.05, 4.69) is 4.72 Å². The molecule has 1 aromatic carbocycles. The Hall–Kier alpha value is -0.330. The average molecular weight is 298 g/mol. The SMILES string of the molecule is CC(O)CNS(=O)(=O)Cc1cc(Cl)cc(Cl)c1. The molecule has 0 aliphatic carbocycles. The second-order valence-electron chi connectivity index (χ2n) is 3.73. The maximum atomic E-state index is 11.6. The lowest BCUT2D eigenvalue weighted by molar-refractivity contribution is 0.198. The van der Waals surface area contributed by atoms with Crippen LogP contribution in [0, 0.1) is 0 Å². The van der Waals surface area contributed by atoms with E-state index in [4.69, 9.17) is 28.3 Å². The Bertz CT molecular complexity index is 468. The molecule has 7 heteroatoms. The summed E-state index contributed by atoms with van der Waals surface area (Å²) < 4.78 is 25.5. The molecule has 0 aliphatic heterocycles. The molecule has 0 aromatic heterocycles. The van der Waals surface area contributed by atoms with Gasteiger partial charge in [-0.1, -0.05) is 23.2 Å². The number of benzene rings is 1. The van der Waals surface area contributed by atoms with Crippen LogP contribution < -0.4 is 4.72 Å². The highest BCUT2D eigenvalue weighted by Gasteiger charge is 2.13. The van der Waals surface area contributed by atoms with Crippen molar-refractivity contribution in [1.82, 2.24) is 4.72 Å². The van der Waals surface area contributed by atoms with Gasteiger partial charge in [-0.3, -0.25) is 0 Å². The first kappa shape index (κ1) is 14.7. The Balaban J connectivity index is 2.76. The molecule has 1 atom stereocenters. The molecule has 1 aromatic rings. The number of hydrogen-bond donors (Lipinski definition) is 2. The lowest BCUT2D eigenvalue weighted by Crippen LogP contribution is -2.31. The predicted octanol–water partition coefficient (Wildman–Crippen LogP) is 1.79. The van der Waals surface area contributed by atoms with Crippen molar-refractivity contribution >= 4 is 33.2 Å². The lowest BCUT2D eigenvalue weighted by Gasteiger charge is -2.08. The van der Waals surface area contributed by atoms with Gasteiger partial charge in [0, 0.05) is 16.6 Å². The maximum Gasteiger partial charge on any atom is 0.215 e. The molecule has 1 rings (SSSR count). The summed E-state index contributed by atoms with van der Waals surface area (Å²) in [5.41, 5.74) is 0.501. The number of rotatable bonds is 5. The molecule has 0 saturated carbocycles. The molecule has 0 bridgehead atoms. The highest BCUT2D eigenvalue weighted by atomic mass is 35.5. The predicted molar refractivity (Wildman–Crippen MR) is 68.8 cm³/mol. The third kappa shape index (κ3) is 5.70. The van der Waals surface area contributed by atoms with Gasteiger partial charge in [-0.2, -0.15) is 0 Å². The first-order valence-electron chi connectivity index (χ1n) is 4.89. The lowest BCUT2D eigenvalue weighted by atomic mass is 10.2. The minimum Gasteiger partial charge on any atom is -0.392 e. The molecule has 0 radical (unpaired) electrons. The van der Waals surface area contributed by atoms with Crippen LogP contribution in [-0.2, 0) is 15.8 Å². The van der Waals surface area contributed by atoms with Gasteiger partial charge < -0.3 is 5.11 Å². The Morgan fingerprint density at radius 2 is 1.82 bits per heavy atom. The van der Waals surface area contributed by atoms with Crippen molar-refractivity contribution in [3.63, 3.8) is 0 Å². The van der Waals surface area contributed by atoms with Gasteiger partial charge in [0.25, 0.3) is 0 Å². The summed E-state index contributed by atoms with van der Waals surface area (Å²) in [6.07, 6.45) is -0.729. The van der Waals surface area contributed by atoms with E-state index in [-0.39, 0.29) is 12.3 Å². The number of nitrogens with one attached hydrogen (secondary N) is 1. The third-order valence-electron chi connectivity index (χ3n) is 1.88. The maximum absolute atomic E-state index is 11.6. The molecule has 0 spiro atoms. The number of sulfonamides is 1. The highest BCUT2D eigenvalue weighted by Crippen LogP contribution is 2.20. The number of halogens is 2. The van der Waals surface area contributed by atoms with Gasteiger partial charge in [0.15, 0.2) is 0 Å². The zero-order valence-electron chi connectivity index (χ0n) is 9.15. The monoisotopic (exact) mass is 297 g/mol. The smallest absolute Gasteiger partial charge is 0.215 e. The van der Waals surface area contributed by atoms with Crippen molar-refractivity contribution in [2.24, 2.45) is 0 Å². The van der Waals surface area contributed by atoms with Crippen LogP contribution in [0.15, 0.2) is 18.2 Å². The van der Waals surface area contributed by atoms with Crippen LogP contribution in [0.2, 0.25) is 10.0 Å². The van der Waals surface area contributed by atoms with Crippen LogP contribution in [0.4, 0.5) is 0 Å². The standard InChI is InChI=1S/C10H13Cl2NO3S/c1-7(14)5-13-17(15,16)6-8-2-9(11)4-10(12)3-8/h2-4,7,13-14H,5-6H2,1H3. The van der Waals surface area contributed by atoms with Gasteiger partial charge >= 0.3 is 0 Å². The molecule has 0 heterocycles. The van der Waals surface area contributed by atoms with Crippen LogP contribution in [0.25, 0.3) is 0 Å². The summed E-state index contributed by atoms with van der Waals surface area (Å²) in [5.74, 6) is -0.222. The zero-order valence-corrected chi connectivity index (χ0v) is 11.5. The van der Waals surface area contributed by atoms with Crippen molar-refractivity contribution in [3.8, 4) is 0 Å². The molecule has 0 amide bonds. The first-order valence-corrected chi connectivity index (χ1v) is 7.30. The van der Waals surface area contributed by atoms with Crippen molar-refractivity contribution < 1.29 is 13.5 Å². The summed E-state index contributed by atoms with van der Waals surface area (Å²) in [7, 11) is -3.49. The summed E-state index contributed by atoms with van der Waals surface area (Å²) >= 11 is 11.5. The van der Waals surface area contributed by atoms with Crippen LogP contribution >= 0.6 is 23.2 Å². The number of aliphatic hydroxyl groups excluding tert-OH is 1. The van der Waals surface area contributed by atoms with Gasteiger partial charge in [-0.15, -0.1) is 0 Å². The molecule has 17 heavy (non-hydrogen) atoms. The average Bonchev–Trinajstić information content (AvgIpc) is 2.12. The van der Waals surface area contributed by atoms with Gasteiger partial charge in [0.2, 0.25) is 10.0 Å².